The molecular formula is C15H21NO. The zero-order valence-corrected chi connectivity index (χ0v) is 10.6. The van der Waals surface area contributed by atoms with Crippen molar-refractivity contribution in [3.05, 3.63) is 28.8 Å². The van der Waals surface area contributed by atoms with E-state index in [1.54, 1.807) is 0 Å². The highest BCUT2D eigenvalue weighted by Crippen LogP contribution is 2.41. The molecule has 1 fully saturated rings. The number of aryl methyl sites for hydroxylation is 1. The Kier molecular flexibility index (Phi) is 2.62. The smallest absolute Gasteiger partial charge is 0.120 e. The van der Waals surface area contributed by atoms with Gasteiger partial charge in [0.25, 0.3) is 0 Å². The Balaban J connectivity index is 2.14. The normalized spacial score (nSPS) is 28.1. The molecule has 1 aromatic carbocycles. The van der Waals surface area contributed by atoms with Crippen LogP contribution in [0.15, 0.2) is 12.1 Å². The molecule has 2 aliphatic rings. The largest absolute Gasteiger partial charge is 0.508 e. The van der Waals surface area contributed by atoms with E-state index in [1.807, 2.05) is 6.07 Å². The second-order valence-corrected chi connectivity index (χ2v) is 5.67. The van der Waals surface area contributed by atoms with Gasteiger partial charge in [-0.3, -0.25) is 0 Å². The summed E-state index contributed by atoms with van der Waals surface area (Å²) >= 11 is 0. The third kappa shape index (κ3) is 1.75. The minimum absolute atomic E-state index is 0.00718. The number of benzene rings is 1. The topological polar surface area (TPSA) is 32.3 Å². The molecule has 1 atom stereocenters. The first kappa shape index (κ1) is 11.1. The third-order valence-corrected chi connectivity index (χ3v) is 4.43. The fourth-order valence-corrected chi connectivity index (χ4v) is 3.54. The maximum atomic E-state index is 10.3. The molecule has 1 aliphatic carbocycles. The van der Waals surface area contributed by atoms with E-state index in [0.717, 1.165) is 19.4 Å². The molecule has 0 bridgehead atoms. The van der Waals surface area contributed by atoms with Gasteiger partial charge in [0.2, 0.25) is 0 Å². The van der Waals surface area contributed by atoms with Gasteiger partial charge in [-0.25, -0.2) is 0 Å². The van der Waals surface area contributed by atoms with Crippen LogP contribution in [0.1, 0.15) is 49.3 Å². The first-order valence-electron chi connectivity index (χ1n) is 6.80. The summed E-state index contributed by atoms with van der Waals surface area (Å²) in [6, 6.07) is 4.01. The van der Waals surface area contributed by atoms with E-state index in [-0.39, 0.29) is 5.54 Å². The molecule has 1 aliphatic heterocycles. The fourth-order valence-electron chi connectivity index (χ4n) is 3.54. The van der Waals surface area contributed by atoms with Crippen molar-refractivity contribution in [2.45, 2.75) is 51.0 Å². The SMILES string of the molecule is CC1(c2c(O)ccc3c2CCCC3)CCCN1. The number of nitrogens with one attached hydrogen (secondary N) is 1. The summed E-state index contributed by atoms with van der Waals surface area (Å²) < 4.78 is 0. The van der Waals surface area contributed by atoms with Crippen LogP contribution in [0.3, 0.4) is 0 Å². The summed E-state index contributed by atoms with van der Waals surface area (Å²) in [5.41, 5.74) is 4.06. The van der Waals surface area contributed by atoms with Gasteiger partial charge in [0, 0.05) is 11.1 Å². The van der Waals surface area contributed by atoms with Crippen molar-refractivity contribution in [2.24, 2.45) is 0 Å². The maximum absolute atomic E-state index is 10.3. The molecule has 0 radical (unpaired) electrons. The Morgan fingerprint density at radius 3 is 2.76 bits per heavy atom. The summed E-state index contributed by atoms with van der Waals surface area (Å²) in [4.78, 5) is 0. The molecule has 2 N–H and O–H groups in total. The standard InChI is InChI=1S/C15H21NO/c1-15(9-4-10-16-15)14-12-6-3-2-5-11(12)7-8-13(14)17/h7-8,16-17H,2-6,9-10H2,1H3. The zero-order chi connectivity index (χ0) is 11.9. The highest BCUT2D eigenvalue weighted by Gasteiger charge is 2.35. The van der Waals surface area contributed by atoms with E-state index >= 15 is 0 Å². The minimum Gasteiger partial charge on any atom is -0.508 e. The first-order valence-corrected chi connectivity index (χ1v) is 6.80. The van der Waals surface area contributed by atoms with Crippen molar-refractivity contribution in [1.82, 2.24) is 5.32 Å². The second-order valence-electron chi connectivity index (χ2n) is 5.67. The highest BCUT2D eigenvalue weighted by molar-refractivity contribution is 5.49. The molecule has 1 unspecified atom stereocenters. The van der Waals surface area contributed by atoms with Crippen LogP contribution in [-0.2, 0) is 18.4 Å². The molecule has 0 aromatic heterocycles. The average Bonchev–Trinajstić information content (AvgIpc) is 2.76. The Morgan fingerprint density at radius 2 is 2.00 bits per heavy atom. The zero-order valence-electron chi connectivity index (χ0n) is 10.6. The molecule has 1 saturated heterocycles. The number of fused-ring (bicyclic) bond motifs is 1. The monoisotopic (exact) mass is 231 g/mol. The number of phenolic OH excluding ortho intramolecular Hbond substituents is 1. The maximum Gasteiger partial charge on any atom is 0.120 e. The lowest BCUT2D eigenvalue weighted by Crippen LogP contribution is -2.35. The van der Waals surface area contributed by atoms with Gasteiger partial charge in [-0.15, -0.1) is 0 Å². The lowest BCUT2D eigenvalue weighted by Gasteiger charge is -2.31. The Bertz CT molecular complexity index is 433. The lowest BCUT2D eigenvalue weighted by atomic mass is 9.79. The fraction of sp³-hybridized carbons (Fsp3) is 0.600. The van der Waals surface area contributed by atoms with Gasteiger partial charge in [0.15, 0.2) is 0 Å². The summed E-state index contributed by atoms with van der Waals surface area (Å²) in [5, 5.41) is 13.8. The summed E-state index contributed by atoms with van der Waals surface area (Å²) in [7, 11) is 0. The number of aromatic hydroxyl groups is 1. The number of hydrogen-bond acceptors (Lipinski definition) is 2. The molecule has 1 aromatic rings. The van der Waals surface area contributed by atoms with Crippen LogP contribution in [0, 0.1) is 0 Å². The van der Waals surface area contributed by atoms with Gasteiger partial charge in [0.1, 0.15) is 5.75 Å². The van der Waals surface area contributed by atoms with Crippen LogP contribution < -0.4 is 5.32 Å². The molecule has 2 heteroatoms. The van der Waals surface area contributed by atoms with Crippen LogP contribution in [0.2, 0.25) is 0 Å². The van der Waals surface area contributed by atoms with Crippen molar-refractivity contribution in [3.63, 3.8) is 0 Å². The molecule has 2 nitrogen and oxygen atoms in total. The van der Waals surface area contributed by atoms with Gasteiger partial charge in [-0.1, -0.05) is 6.07 Å². The van der Waals surface area contributed by atoms with Gasteiger partial charge >= 0.3 is 0 Å². The molecule has 0 spiro atoms. The highest BCUT2D eigenvalue weighted by atomic mass is 16.3. The number of phenols is 1. The van der Waals surface area contributed by atoms with Crippen LogP contribution in [0.5, 0.6) is 5.75 Å². The van der Waals surface area contributed by atoms with Gasteiger partial charge < -0.3 is 10.4 Å². The van der Waals surface area contributed by atoms with Crippen molar-refractivity contribution >= 4 is 0 Å². The predicted octanol–water partition coefficient (Wildman–Crippen LogP) is 2.87. The first-order chi connectivity index (χ1) is 8.21. The average molecular weight is 231 g/mol. The van der Waals surface area contributed by atoms with E-state index < -0.39 is 0 Å². The summed E-state index contributed by atoms with van der Waals surface area (Å²) in [6.07, 6.45) is 7.21. The molecule has 0 saturated carbocycles. The van der Waals surface area contributed by atoms with Crippen molar-refractivity contribution in [1.29, 1.82) is 0 Å². The minimum atomic E-state index is -0.00718. The lowest BCUT2D eigenvalue weighted by molar-refractivity contribution is 0.388. The molecule has 3 rings (SSSR count). The molecule has 17 heavy (non-hydrogen) atoms. The third-order valence-electron chi connectivity index (χ3n) is 4.43. The Labute approximate surface area is 103 Å². The van der Waals surface area contributed by atoms with E-state index in [9.17, 15) is 5.11 Å². The molecule has 1 heterocycles. The van der Waals surface area contributed by atoms with Crippen LogP contribution in [0.4, 0.5) is 0 Å². The quantitative estimate of drug-likeness (QED) is 0.779. The van der Waals surface area contributed by atoms with E-state index in [1.165, 1.54) is 42.4 Å². The number of rotatable bonds is 1. The van der Waals surface area contributed by atoms with Crippen molar-refractivity contribution < 1.29 is 5.11 Å². The summed E-state index contributed by atoms with van der Waals surface area (Å²) in [6.45, 7) is 3.31. The van der Waals surface area contributed by atoms with Gasteiger partial charge in [-0.05, 0) is 69.2 Å². The molecule has 0 amide bonds. The van der Waals surface area contributed by atoms with Gasteiger partial charge in [0.05, 0.1) is 0 Å². The van der Waals surface area contributed by atoms with Crippen LogP contribution >= 0.6 is 0 Å². The van der Waals surface area contributed by atoms with Crippen LogP contribution in [0.25, 0.3) is 0 Å². The Hall–Kier alpha value is -1.02. The van der Waals surface area contributed by atoms with Crippen LogP contribution in [-0.4, -0.2) is 11.7 Å². The van der Waals surface area contributed by atoms with Crippen molar-refractivity contribution in [2.75, 3.05) is 6.54 Å². The summed E-state index contributed by atoms with van der Waals surface area (Å²) in [5.74, 6) is 0.488. The van der Waals surface area contributed by atoms with E-state index in [4.69, 9.17) is 0 Å². The Morgan fingerprint density at radius 1 is 1.18 bits per heavy atom. The number of hydrogen-bond donors (Lipinski definition) is 2. The second kappa shape index (κ2) is 4.02. The van der Waals surface area contributed by atoms with E-state index in [2.05, 4.69) is 18.3 Å². The van der Waals surface area contributed by atoms with E-state index in [0.29, 0.717) is 5.75 Å². The van der Waals surface area contributed by atoms with Gasteiger partial charge in [-0.2, -0.15) is 0 Å². The predicted molar refractivity (Wildman–Crippen MR) is 69.3 cm³/mol. The molecular weight excluding hydrogens is 210 g/mol. The van der Waals surface area contributed by atoms with Crippen molar-refractivity contribution in [3.8, 4) is 5.75 Å². The molecule has 92 valence electrons.